The summed E-state index contributed by atoms with van der Waals surface area (Å²) in [7, 11) is 1.63. The second-order valence-electron chi connectivity index (χ2n) is 4.13. The first-order chi connectivity index (χ1) is 7.63. The fourth-order valence-electron chi connectivity index (χ4n) is 1.96. The van der Waals surface area contributed by atoms with Crippen LogP contribution in [0.1, 0.15) is 18.5 Å². The van der Waals surface area contributed by atoms with Gasteiger partial charge in [-0.2, -0.15) is 0 Å². The molecule has 86 valence electrons. The third kappa shape index (κ3) is 1.76. The fourth-order valence-corrected chi connectivity index (χ4v) is 1.96. The normalized spacial score (nSPS) is 28.9. The summed E-state index contributed by atoms with van der Waals surface area (Å²) in [6, 6.07) is 7.35. The molecule has 3 atom stereocenters. The maximum atomic E-state index is 11.5. The van der Waals surface area contributed by atoms with E-state index in [4.69, 9.17) is 10.5 Å². The number of carbonyl (C=O) groups is 1. The minimum atomic E-state index is -0.166. The van der Waals surface area contributed by atoms with E-state index in [1.807, 2.05) is 31.2 Å². The SMILES string of the molecule is COc1ccc([C@H]2NC(=O)[C@@H](C)[C@@H]2N)cc1. The van der Waals surface area contributed by atoms with Crippen molar-refractivity contribution in [1.29, 1.82) is 0 Å². The molecule has 1 heterocycles. The molecule has 0 bridgehead atoms. The average Bonchev–Trinajstić information content (AvgIpc) is 2.57. The lowest BCUT2D eigenvalue weighted by molar-refractivity contribution is -0.122. The number of hydrogen-bond donors (Lipinski definition) is 2. The van der Waals surface area contributed by atoms with Crippen LogP contribution in [0.25, 0.3) is 0 Å². The average molecular weight is 220 g/mol. The third-order valence-electron chi connectivity index (χ3n) is 3.15. The Morgan fingerprint density at radius 1 is 1.31 bits per heavy atom. The molecule has 2 rings (SSSR count). The van der Waals surface area contributed by atoms with E-state index in [0.29, 0.717) is 0 Å². The van der Waals surface area contributed by atoms with Crippen LogP contribution in [0, 0.1) is 5.92 Å². The number of hydrogen-bond acceptors (Lipinski definition) is 3. The number of ether oxygens (including phenoxy) is 1. The van der Waals surface area contributed by atoms with Crippen molar-refractivity contribution in [2.24, 2.45) is 11.7 Å². The van der Waals surface area contributed by atoms with Crippen molar-refractivity contribution in [3.8, 4) is 5.75 Å². The quantitative estimate of drug-likeness (QED) is 0.776. The van der Waals surface area contributed by atoms with Gasteiger partial charge in [0.1, 0.15) is 5.75 Å². The van der Waals surface area contributed by atoms with Gasteiger partial charge in [-0.25, -0.2) is 0 Å². The number of amides is 1. The zero-order chi connectivity index (χ0) is 11.7. The summed E-state index contributed by atoms with van der Waals surface area (Å²) in [6.07, 6.45) is 0. The summed E-state index contributed by atoms with van der Waals surface area (Å²) in [6.45, 7) is 1.85. The van der Waals surface area contributed by atoms with Crippen LogP contribution in [0.3, 0.4) is 0 Å². The van der Waals surface area contributed by atoms with Gasteiger partial charge in [0.25, 0.3) is 0 Å². The van der Waals surface area contributed by atoms with E-state index < -0.39 is 0 Å². The van der Waals surface area contributed by atoms with E-state index >= 15 is 0 Å². The lowest BCUT2D eigenvalue weighted by Crippen LogP contribution is -2.31. The van der Waals surface area contributed by atoms with Gasteiger partial charge in [0.05, 0.1) is 19.1 Å². The molecule has 0 unspecified atom stereocenters. The summed E-state index contributed by atoms with van der Waals surface area (Å²) >= 11 is 0. The minimum Gasteiger partial charge on any atom is -0.497 e. The first-order valence-corrected chi connectivity index (χ1v) is 5.33. The van der Waals surface area contributed by atoms with Gasteiger partial charge in [0.2, 0.25) is 5.91 Å². The van der Waals surface area contributed by atoms with Gasteiger partial charge >= 0.3 is 0 Å². The van der Waals surface area contributed by atoms with E-state index in [2.05, 4.69) is 5.32 Å². The molecular weight excluding hydrogens is 204 g/mol. The van der Waals surface area contributed by atoms with E-state index in [0.717, 1.165) is 11.3 Å². The summed E-state index contributed by atoms with van der Waals surface area (Å²) < 4.78 is 5.08. The largest absolute Gasteiger partial charge is 0.497 e. The molecule has 1 aliphatic rings. The van der Waals surface area contributed by atoms with Gasteiger partial charge in [-0.1, -0.05) is 19.1 Å². The first-order valence-electron chi connectivity index (χ1n) is 5.33. The Morgan fingerprint density at radius 2 is 1.94 bits per heavy atom. The maximum Gasteiger partial charge on any atom is 0.225 e. The van der Waals surface area contributed by atoms with Gasteiger partial charge in [0, 0.05) is 6.04 Å². The van der Waals surface area contributed by atoms with Crippen molar-refractivity contribution in [1.82, 2.24) is 5.32 Å². The van der Waals surface area contributed by atoms with Crippen molar-refractivity contribution in [3.63, 3.8) is 0 Å². The lowest BCUT2D eigenvalue weighted by atomic mass is 9.96. The van der Waals surface area contributed by atoms with Crippen LogP contribution < -0.4 is 15.8 Å². The monoisotopic (exact) mass is 220 g/mol. The zero-order valence-electron chi connectivity index (χ0n) is 9.44. The van der Waals surface area contributed by atoms with Gasteiger partial charge in [0.15, 0.2) is 0 Å². The molecule has 16 heavy (non-hydrogen) atoms. The molecule has 1 fully saturated rings. The first kappa shape index (κ1) is 11.0. The number of benzene rings is 1. The number of nitrogens with two attached hydrogens (primary N) is 1. The molecule has 4 nitrogen and oxygen atoms in total. The van der Waals surface area contributed by atoms with Crippen LogP contribution >= 0.6 is 0 Å². The maximum absolute atomic E-state index is 11.5. The predicted molar refractivity (Wildman–Crippen MR) is 61.0 cm³/mol. The van der Waals surface area contributed by atoms with Crippen molar-refractivity contribution < 1.29 is 9.53 Å². The molecule has 0 aliphatic carbocycles. The minimum absolute atomic E-state index is 0.0216. The molecule has 0 spiro atoms. The lowest BCUT2D eigenvalue weighted by Gasteiger charge is -2.17. The summed E-state index contributed by atoms with van der Waals surface area (Å²) in [4.78, 5) is 11.5. The Morgan fingerprint density at radius 3 is 2.38 bits per heavy atom. The van der Waals surface area contributed by atoms with Crippen LogP contribution in [0.2, 0.25) is 0 Å². The van der Waals surface area contributed by atoms with Crippen LogP contribution in [-0.4, -0.2) is 19.1 Å². The smallest absolute Gasteiger partial charge is 0.225 e. The number of nitrogens with one attached hydrogen (secondary N) is 1. The molecule has 1 aliphatic heterocycles. The highest BCUT2D eigenvalue weighted by atomic mass is 16.5. The van der Waals surface area contributed by atoms with Crippen molar-refractivity contribution in [2.75, 3.05) is 7.11 Å². The van der Waals surface area contributed by atoms with Gasteiger partial charge in [-0.05, 0) is 17.7 Å². The van der Waals surface area contributed by atoms with Crippen molar-refractivity contribution in [2.45, 2.75) is 19.0 Å². The second kappa shape index (κ2) is 4.14. The standard InChI is InChI=1S/C12H16N2O2/c1-7-10(13)11(14-12(7)15)8-3-5-9(16-2)6-4-8/h3-7,10-11H,13H2,1-2H3,(H,14,15)/t7-,10-,11+/m0/s1. The van der Waals surface area contributed by atoms with Gasteiger partial charge in [-0.3, -0.25) is 4.79 Å². The van der Waals surface area contributed by atoms with Crippen molar-refractivity contribution in [3.05, 3.63) is 29.8 Å². The number of rotatable bonds is 2. The van der Waals surface area contributed by atoms with E-state index in [9.17, 15) is 4.79 Å². The summed E-state index contributed by atoms with van der Waals surface area (Å²) in [5, 5.41) is 2.90. The Bertz CT molecular complexity index is 389. The van der Waals surface area contributed by atoms with E-state index in [-0.39, 0.29) is 23.9 Å². The summed E-state index contributed by atoms with van der Waals surface area (Å²) in [5.74, 6) is 0.690. The molecular formula is C12H16N2O2. The molecule has 0 saturated carbocycles. The molecule has 1 saturated heterocycles. The highest BCUT2D eigenvalue weighted by Gasteiger charge is 2.37. The Kier molecular flexibility index (Phi) is 2.83. The highest BCUT2D eigenvalue weighted by molar-refractivity contribution is 5.82. The topological polar surface area (TPSA) is 64.3 Å². The third-order valence-corrected chi connectivity index (χ3v) is 3.15. The molecule has 0 radical (unpaired) electrons. The van der Waals surface area contributed by atoms with Crippen molar-refractivity contribution >= 4 is 5.91 Å². The Hall–Kier alpha value is -1.55. The molecule has 4 heteroatoms. The van der Waals surface area contributed by atoms with Crippen LogP contribution in [0.4, 0.5) is 0 Å². The predicted octanol–water partition coefficient (Wildman–Crippen LogP) is 0.829. The Labute approximate surface area is 94.8 Å². The van der Waals surface area contributed by atoms with Gasteiger partial charge in [-0.15, -0.1) is 0 Å². The number of carbonyl (C=O) groups excluding carboxylic acids is 1. The zero-order valence-corrected chi connectivity index (χ0v) is 9.44. The summed E-state index contributed by atoms with van der Waals surface area (Å²) in [5.41, 5.74) is 7.02. The van der Waals surface area contributed by atoms with E-state index in [1.54, 1.807) is 7.11 Å². The Balaban J connectivity index is 2.21. The molecule has 1 aromatic rings. The molecule has 0 aromatic heterocycles. The molecule has 3 N–H and O–H groups in total. The van der Waals surface area contributed by atoms with Crippen LogP contribution in [0.5, 0.6) is 5.75 Å². The van der Waals surface area contributed by atoms with Crippen LogP contribution in [0.15, 0.2) is 24.3 Å². The van der Waals surface area contributed by atoms with E-state index in [1.165, 1.54) is 0 Å². The fraction of sp³-hybridized carbons (Fsp3) is 0.417. The highest BCUT2D eigenvalue weighted by Crippen LogP contribution is 2.27. The second-order valence-corrected chi connectivity index (χ2v) is 4.13. The molecule has 1 amide bonds. The van der Waals surface area contributed by atoms with Crippen LogP contribution in [-0.2, 0) is 4.79 Å². The number of methoxy groups -OCH3 is 1. The van der Waals surface area contributed by atoms with Gasteiger partial charge < -0.3 is 15.8 Å². The molecule has 1 aromatic carbocycles.